The van der Waals surface area contributed by atoms with Crippen LogP contribution in [-0.2, 0) is 6.18 Å². The largest absolute Gasteiger partial charge is 0.506 e. The van der Waals surface area contributed by atoms with E-state index in [4.69, 9.17) is 0 Å². The summed E-state index contributed by atoms with van der Waals surface area (Å²) in [6.45, 7) is 16.6. The van der Waals surface area contributed by atoms with Gasteiger partial charge >= 0.3 is 6.18 Å². The number of aromatic nitrogens is 1. The standard InChI is InChI=1S/C31H40F3N3O3.C2H6/c1-7-10-22(19(6)8-2)28-24(36-23-12-11-20(18(4)5)15-26(23)38)13-14-37(25(28)9-3)30(40)21-16-27(39)29(35-17-21)31(32,33)34;1-2/h11-12,15-18,25,36,38-39H,7-10,13-14H2,1-6H3;1-2H3. The fourth-order valence-corrected chi connectivity index (χ4v) is 5.23. The average molecular weight is 590 g/mol. The Morgan fingerprint density at radius 2 is 1.79 bits per heavy atom. The topological polar surface area (TPSA) is 85.7 Å². The number of anilines is 1. The fourth-order valence-electron chi connectivity index (χ4n) is 5.23. The number of carbonyl (C=O) groups excluding carboxylic acids is 1. The van der Waals surface area contributed by atoms with Gasteiger partial charge in [0.15, 0.2) is 5.69 Å². The number of phenols is 1. The number of alkyl halides is 3. The van der Waals surface area contributed by atoms with Gasteiger partial charge in [0.2, 0.25) is 0 Å². The molecular weight excluding hydrogens is 543 g/mol. The van der Waals surface area contributed by atoms with Gasteiger partial charge in [-0.1, -0.05) is 66.5 Å². The van der Waals surface area contributed by atoms with Gasteiger partial charge < -0.3 is 20.4 Å². The summed E-state index contributed by atoms with van der Waals surface area (Å²) >= 11 is 0. The van der Waals surface area contributed by atoms with Crippen molar-refractivity contribution in [1.82, 2.24) is 9.88 Å². The van der Waals surface area contributed by atoms with E-state index < -0.39 is 23.5 Å². The molecule has 9 heteroatoms. The Hall–Kier alpha value is -3.49. The molecule has 0 aliphatic carbocycles. The van der Waals surface area contributed by atoms with Crippen LogP contribution in [0.4, 0.5) is 18.9 Å². The van der Waals surface area contributed by atoms with Crippen LogP contribution < -0.4 is 5.32 Å². The molecule has 1 aromatic heterocycles. The normalized spacial score (nSPS) is 16.2. The molecule has 6 nitrogen and oxygen atoms in total. The molecule has 0 saturated carbocycles. The molecule has 1 unspecified atom stereocenters. The van der Waals surface area contributed by atoms with Gasteiger partial charge in [-0.25, -0.2) is 4.98 Å². The highest BCUT2D eigenvalue weighted by Crippen LogP contribution is 2.39. The predicted octanol–water partition coefficient (Wildman–Crippen LogP) is 9.18. The predicted molar refractivity (Wildman–Crippen MR) is 163 cm³/mol. The fraction of sp³-hybridized carbons (Fsp3) is 0.515. The first-order valence-electron chi connectivity index (χ1n) is 14.9. The molecular formula is C33H46F3N3O3. The monoisotopic (exact) mass is 589 g/mol. The number of carbonyl (C=O) groups is 1. The van der Waals surface area contributed by atoms with E-state index in [0.717, 1.165) is 53.9 Å². The van der Waals surface area contributed by atoms with Crippen LogP contribution in [0.2, 0.25) is 0 Å². The molecule has 3 rings (SSSR count). The zero-order valence-electron chi connectivity index (χ0n) is 26.1. The minimum Gasteiger partial charge on any atom is -0.506 e. The first kappa shape index (κ1) is 34.7. The van der Waals surface area contributed by atoms with Gasteiger partial charge in [-0.15, -0.1) is 0 Å². The maximum absolute atomic E-state index is 13.7. The van der Waals surface area contributed by atoms with Gasteiger partial charge in [0.1, 0.15) is 11.5 Å². The van der Waals surface area contributed by atoms with E-state index in [9.17, 15) is 28.2 Å². The van der Waals surface area contributed by atoms with Crippen molar-refractivity contribution < 1.29 is 28.2 Å². The van der Waals surface area contributed by atoms with Crippen LogP contribution in [0, 0.1) is 0 Å². The summed E-state index contributed by atoms with van der Waals surface area (Å²) < 4.78 is 39.4. The third kappa shape index (κ3) is 7.86. The Labute approximate surface area is 248 Å². The summed E-state index contributed by atoms with van der Waals surface area (Å²) in [6, 6.07) is 6.07. The number of benzene rings is 1. The Balaban J connectivity index is 0.00000301. The third-order valence-corrected chi connectivity index (χ3v) is 7.51. The SMILES string of the molecule is CC.CCCC(=C(C)CC)C1=C(Nc2ccc(C(C)C)cc2O)CCN(C(=O)c2cnc(C(F)(F)F)c(O)c2)C1CC. The molecule has 0 saturated heterocycles. The number of hydrogen-bond acceptors (Lipinski definition) is 5. The van der Waals surface area contributed by atoms with E-state index in [2.05, 4.69) is 44.9 Å². The van der Waals surface area contributed by atoms with Gasteiger partial charge in [-0.3, -0.25) is 4.79 Å². The second kappa shape index (κ2) is 15.1. The van der Waals surface area contributed by atoms with Gasteiger partial charge in [-0.2, -0.15) is 13.2 Å². The number of allylic oxidation sites excluding steroid dienone is 1. The van der Waals surface area contributed by atoms with Crippen LogP contribution in [-0.4, -0.2) is 38.6 Å². The van der Waals surface area contributed by atoms with E-state index in [0.29, 0.717) is 25.1 Å². The summed E-state index contributed by atoms with van der Waals surface area (Å²) in [4.78, 5) is 18.7. The van der Waals surface area contributed by atoms with Gasteiger partial charge in [0.25, 0.3) is 5.91 Å². The number of rotatable bonds is 9. The molecule has 232 valence electrons. The molecule has 0 radical (unpaired) electrons. The minimum absolute atomic E-state index is 0.102. The number of aromatic hydroxyl groups is 2. The number of pyridine rings is 1. The molecule has 1 aliphatic heterocycles. The van der Waals surface area contributed by atoms with Crippen molar-refractivity contribution in [1.29, 1.82) is 0 Å². The highest BCUT2D eigenvalue weighted by atomic mass is 19.4. The number of phenolic OH excluding ortho intramolecular Hbond substituents is 1. The second-order valence-electron chi connectivity index (χ2n) is 10.6. The zero-order valence-corrected chi connectivity index (χ0v) is 26.1. The molecule has 0 fully saturated rings. The lowest BCUT2D eigenvalue weighted by Crippen LogP contribution is -2.46. The van der Waals surface area contributed by atoms with Crippen LogP contribution >= 0.6 is 0 Å². The van der Waals surface area contributed by atoms with Gasteiger partial charge in [0, 0.05) is 24.9 Å². The summed E-state index contributed by atoms with van der Waals surface area (Å²) in [7, 11) is 0. The van der Waals surface area contributed by atoms with E-state index in [1.807, 2.05) is 32.9 Å². The quantitative estimate of drug-likeness (QED) is 0.254. The Bertz CT molecular complexity index is 1300. The smallest absolute Gasteiger partial charge is 0.437 e. The number of nitrogens with zero attached hydrogens (tertiary/aromatic N) is 2. The van der Waals surface area contributed by atoms with Crippen molar-refractivity contribution in [3.63, 3.8) is 0 Å². The first-order chi connectivity index (χ1) is 19.8. The first-order valence-corrected chi connectivity index (χ1v) is 14.9. The number of nitrogens with one attached hydrogen (secondary N) is 1. The molecule has 1 aromatic carbocycles. The van der Waals surface area contributed by atoms with Crippen molar-refractivity contribution in [2.75, 3.05) is 11.9 Å². The van der Waals surface area contributed by atoms with Crippen LogP contribution in [0.25, 0.3) is 0 Å². The Kier molecular flexibility index (Phi) is 12.5. The second-order valence-corrected chi connectivity index (χ2v) is 10.6. The van der Waals surface area contributed by atoms with Crippen molar-refractivity contribution in [3.05, 3.63) is 69.7 Å². The van der Waals surface area contributed by atoms with Gasteiger partial charge in [0.05, 0.1) is 17.3 Å². The van der Waals surface area contributed by atoms with Crippen LogP contribution in [0.15, 0.2) is 52.9 Å². The Morgan fingerprint density at radius 1 is 1.12 bits per heavy atom. The maximum atomic E-state index is 13.7. The molecule has 3 N–H and O–H groups in total. The van der Waals surface area contributed by atoms with Gasteiger partial charge in [-0.05, 0) is 67.0 Å². The van der Waals surface area contributed by atoms with Crippen molar-refractivity contribution >= 4 is 11.6 Å². The van der Waals surface area contributed by atoms with Crippen molar-refractivity contribution in [3.8, 4) is 11.5 Å². The van der Waals surface area contributed by atoms with Crippen molar-refractivity contribution in [2.45, 2.75) is 106 Å². The summed E-state index contributed by atoms with van der Waals surface area (Å²) in [5, 5.41) is 24.3. The van der Waals surface area contributed by atoms with E-state index >= 15 is 0 Å². The molecule has 0 bridgehead atoms. The molecule has 2 heterocycles. The molecule has 1 atom stereocenters. The molecule has 1 aliphatic rings. The third-order valence-electron chi connectivity index (χ3n) is 7.51. The minimum atomic E-state index is -4.82. The van der Waals surface area contributed by atoms with Crippen LogP contribution in [0.1, 0.15) is 115 Å². The van der Waals surface area contributed by atoms with E-state index in [1.165, 1.54) is 5.57 Å². The van der Waals surface area contributed by atoms with E-state index in [-0.39, 0.29) is 23.3 Å². The van der Waals surface area contributed by atoms with Crippen LogP contribution in [0.5, 0.6) is 11.5 Å². The molecule has 42 heavy (non-hydrogen) atoms. The summed E-state index contributed by atoms with van der Waals surface area (Å²) in [6.07, 6.45) is -0.430. The number of hydrogen-bond donors (Lipinski definition) is 3. The highest BCUT2D eigenvalue weighted by Gasteiger charge is 2.38. The lowest BCUT2D eigenvalue weighted by atomic mass is 9.83. The maximum Gasteiger partial charge on any atom is 0.437 e. The summed E-state index contributed by atoms with van der Waals surface area (Å²) in [5.41, 5.74) is 4.29. The molecule has 2 aromatic rings. The molecule has 0 spiro atoms. The molecule has 1 amide bonds. The highest BCUT2D eigenvalue weighted by molar-refractivity contribution is 5.95. The average Bonchev–Trinajstić information content (AvgIpc) is 2.96. The number of halogens is 3. The van der Waals surface area contributed by atoms with Crippen LogP contribution in [0.3, 0.4) is 0 Å². The number of amides is 1. The lowest BCUT2D eigenvalue weighted by Gasteiger charge is -2.40. The van der Waals surface area contributed by atoms with Crippen molar-refractivity contribution in [2.24, 2.45) is 0 Å². The zero-order chi connectivity index (χ0) is 31.8. The Morgan fingerprint density at radius 3 is 2.29 bits per heavy atom. The van der Waals surface area contributed by atoms with E-state index in [1.54, 1.807) is 11.0 Å². The lowest BCUT2D eigenvalue weighted by molar-refractivity contribution is -0.142. The summed E-state index contributed by atoms with van der Waals surface area (Å²) in [5.74, 6) is -1.16.